The number of hydrogen-bond donors (Lipinski definition) is 2. The van der Waals surface area contributed by atoms with Crippen LogP contribution in [-0.4, -0.2) is 10.2 Å². The van der Waals surface area contributed by atoms with Crippen molar-refractivity contribution in [2.75, 3.05) is 0 Å². The van der Waals surface area contributed by atoms with Crippen LogP contribution < -0.4 is 0 Å². The van der Waals surface area contributed by atoms with Gasteiger partial charge in [0.1, 0.15) is 11.5 Å². The van der Waals surface area contributed by atoms with Crippen LogP contribution in [0.25, 0.3) is 0 Å². The molecule has 2 heteroatoms. The fourth-order valence-electron chi connectivity index (χ4n) is 3.47. The lowest BCUT2D eigenvalue weighted by Crippen LogP contribution is -2.02. The van der Waals surface area contributed by atoms with E-state index in [-0.39, 0.29) is 11.7 Å². The van der Waals surface area contributed by atoms with E-state index in [1.54, 1.807) is 18.2 Å². The molecular formula is C23H32O2. The van der Waals surface area contributed by atoms with Gasteiger partial charge in [0.05, 0.1) is 0 Å². The predicted molar refractivity (Wildman–Crippen MR) is 105 cm³/mol. The molecule has 1 atom stereocenters. The Bertz CT molecular complexity index is 604. The van der Waals surface area contributed by atoms with Gasteiger partial charge in [-0.1, -0.05) is 88.6 Å². The first-order valence-electron chi connectivity index (χ1n) is 9.79. The largest absolute Gasteiger partial charge is 0.508 e. The summed E-state index contributed by atoms with van der Waals surface area (Å²) in [5, 5.41) is 19.8. The van der Waals surface area contributed by atoms with Crippen LogP contribution >= 0.6 is 0 Å². The SMILES string of the molecule is CCCCCCCCCCC(c1ccc(O)cc1)c1ccccc1O. The van der Waals surface area contributed by atoms with Crippen molar-refractivity contribution < 1.29 is 10.2 Å². The Morgan fingerprint density at radius 3 is 1.96 bits per heavy atom. The maximum Gasteiger partial charge on any atom is 0.119 e. The van der Waals surface area contributed by atoms with E-state index in [4.69, 9.17) is 0 Å². The van der Waals surface area contributed by atoms with E-state index in [2.05, 4.69) is 6.92 Å². The molecule has 0 radical (unpaired) electrons. The van der Waals surface area contributed by atoms with Crippen molar-refractivity contribution in [1.82, 2.24) is 0 Å². The quantitative estimate of drug-likeness (QED) is 0.444. The van der Waals surface area contributed by atoms with E-state index in [0.29, 0.717) is 5.75 Å². The van der Waals surface area contributed by atoms with E-state index < -0.39 is 0 Å². The highest BCUT2D eigenvalue weighted by molar-refractivity contribution is 5.42. The number of phenolic OH excluding ortho intramolecular Hbond substituents is 2. The summed E-state index contributed by atoms with van der Waals surface area (Å²) in [5.74, 6) is 0.828. The van der Waals surface area contributed by atoms with Crippen molar-refractivity contribution in [3.63, 3.8) is 0 Å². The lowest BCUT2D eigenvalue weighted by molar-refractivity contribution is 0.460. The summed E-state index contributed by atoms with van der Waals surface area (Å²) in [4.78, 5) is 0. The van der Waals surface area contributed by atoms with Crippen LogP contribution in [0.15, 0.2) is 48.5 Å². The van der Waals surface area contributed by atoms with Crippen LogP contribution in [0.2, 0.25) is 0 Å². The first-order chi connectivity index (χ1) is 12.2. The molecular weight excluding hydrogens is 308 g/mol. The molecule has 0 fully saturated rings. The average Bonchev–Trinajstić information content (AvgIpc) is 2.62. The zero-order valence-corrected chi connectivity index (χ0v) is 15.5. The number of aromatic hydroxyl groups is 2. The number of benzene rings is 2. The second kappa shape index (κ2) is 10.8. The van der Waals surface area contributed by atoms with Crippen molar-refractivity contribution in [2.24, 2.45) is 0 Å². The Morgan fingerprint density at radius 2 is 1.32 bits per heavy atom. The molecule has 0 aliphatic heterocycles. The van der Waals surface area contributed by atoms with E-state index in [0.717, 1.165) is 24.0 Å². The Hall–Kier alpha value is -1.96. The third-order valence-corrected chi connectivity index (χ3v) is 4.95. The van der Waals surface area contributed by atoms with Gasteiger partial charge in [-0.05, 0) is 30.2 Å². The maximum atomic E-state index is 10.3. The van der Waals surface area contributed by atoms with Gasteiger partial charge < -0.3 is 10.2 Å². The van der Waals surface area contributed by atoms with Gasteiger partial charge in [0.2, 0.25) is 0 Å². The molecule has 2 aromatic carbocycles. The number of rotatable bonds is 11. The molecule has 0 aliphatic carbocycles. The zero-order chi connectivity index (χ0) is 17.9. The normalized spacial score (nSPS) is 12.2. The summed E-state index contributed by atoms with van der Waals surface area (Å²) >= 11 is 0. The highest BCUT2D eigenvalue weighted by atomic mass is 16.3. The zero-order valence-electron chi connectivity index (χ0n) is 15.5. The van der Waals surface area contributed by atoms with Gasteiger partial charge in [0.25, 0.3) is 0 Å². The standard InChI is InChI=1S/C23H32O2/c1-2-3-4-5-6-7-8-9-12-21(19-15-17-20(24)18-16-19)22-13-10-11-14-23(22)25/h10-11,13-18,21,24-25H,2-9,12H2,1H3. The van der Waals surface area contributed by atoms with Crippen LogP contribution in [0.5, 0.6) is 11.5 Å². The summed E-state index contributed by atoms with van der Waals surface area (Å²) < 4.78 is 0. The molecule has 0 amide bonds. The van der Waals surface area contributed by atoms with Gasteiger partial charge in [-0.3, -0.25) is 0 Å². The highest BCUT2D eigenvalue weighted by Gasteiger charge is 2.17. The van der Waals surface area contributed by atoms with E-state index in [9.17, 15) is 10.2 Å². The number of unbranched alkanes of at least 4 members (excludes halogenated alkanes) is 7. The molecule has 2 N–H and O–H groups in total. The third-order valence-electron chi connectivity index (χ3n) is 4.95. The average molecular weight is 341 g/mol. The molecule has 2 rings (SSSR count). The summed E-state index contributed by atoms with van der Waals surface area (Å²) in [5.41, 5.74) is 2.14. The number of phenols is 2. The van der Waals surface area contributed by atoms with Crippen molar-refractivity contribution in [2.45, 2.75) is 70.6 Å². The van der Waals surface area contributed by atoms with Crippen molar-refractivity contribution in [3.8, 4) is 11.5 Å². The first kappa shape index (κ1) is 19.4. The molecule has 0 heterocycles. The van der Waals surface area contributed by atoms with Crippen molar-refractivity contribution >= 4 is 0 Å². The molecule has 2 aromatic rings. The minimum atomic E-state index is 0.182. The maximum absolute atomic E-state index is 10.3. The van der Waals surface area contributed by atoms with Gasteiger partial charge in [0.15, 0.2) is 0 Å². The second-order valence-electron chi connectivity index (χ2n) is 6.97. The Labute approximate surface area is 152 Å². The van der Waals surface area contributed by atoms with Gasteiger partial charge in [-0.2, -0.15) is 0 Å². The van der Waals surface area contributed by atoms with Gasteiger partial charge in [0, 0.05) is 11.5 Å². The molecule has 1 unspecified atom stereocenters. The second-order valence-corrected chi connectivity index (χ2v) is 6.97. The first-order valence-corrected chi connectivity index (χ1v) is 9.79. The van der Waals surface area contributed by atoms with E-state index in [1.807, 2.05) is 30.3 Å². The minimum Gasteiger partial charge on any atom is -0.508 e. The van der Waals surface area contributed by atoms with Crippen LogP contribution in [0.1, 0.15) is 81.8 Å². The lowest BCUT2D eigenvalue weighted by atomic mass is 9.86. The van der Waals surface area contributed by atoms with E-state index in [1.165, 1.54) is 44.9 Å². The molecule has 25 heavy (non-hydrogen) atoms. The Morgan fingerprint density at radius 1 is 0.720 bits per heavy atom. The van der Waals surface area contributed by atoms with Gasteiger partial charge >= 0.3 is 0 Å². The molecule has 0 saturated carbocycles. The summed E-state index contributed by atoms with van der Waals surface area (Å²) in [7, 11) is 0. The minimum absolute atomic E-state index is 0.182. The molecule has 0 aromatic heterocycles. The molecule has 0 spiro atoms. The van der Waals surface area contributed by atoms with Crippen LogP contribution in [0, 0.1) is 0 Å². The summed E-state index contributed by atoms with van der Waals surface area (Å²) in [6, 6.07) is 15.0. The Balaban J connectivity index is 1.92. The summed E-state index contributed by atoms with van der Waals surface area (Å²) in [6.45, 7) is 2.25. The van der Waals surface area contributed by atoms with Crippen molar-refractivity contribution in [1.29, 1.82) is 0 Å². The smallest absolute Gasteiger partial charge is 0.119 e. The molecule has 0 aliphatic rings. The van der Waals surface area contributed by atoms with E-state index >= 15 is 0 Å². The third kappa shape index (κ3) is 6.45. The van der Waals surface area contributed by atoms with Gasteiger partial charge in [-0.15, -0.1) is 0 Å². The van der Waals surface area contributed by atoms with Gasteiger partial charge in [-0.25, -0.2) is 0 Å². The highest BCUT2D eigenvalue weighted by Crippen LogP contribution is 2.35. The topological polar surface area (TPSA) is 40.5 Å². The van der Waals surface area contributed by atoms with Crippen LogP contribution in [-0.2, 0) is 0 Å². The number of para-hydroxylation sites is 1. The summed E-state index contributed by atoms with van der Waals surface area (Å²) in [6.07, 6.45) is 11.4. The molecule has 2 nitrogen and oxygen atoms in total. The fourth-order valence-corrected chi connectivity index (χ4v) is 3.47. The molecule has 0 bridgehead atoms. The monoisotopic (exact) mass is 340 g/mol. The fraction of sp³-hybridized carbons (Fsp3) is 0.478. The molecule has 136 valence electrons. The predicted octanol–water partition coefficient (Wildman–Crippen LogP) is 6.76. The lowest BCUT2D eigenvalue weighted by Gasteiger charge is -2.19. The van der Waals surface area contributed by atoms with Crippen LogP contribution in [0.4, 0.5) is 0 Å². The molecule has 0 saturated heterocycles. The van der Waals surface area contributed by atoms with Crippen molar-refractivity contribution in [3.05, 3.63) is 59.7 Å². The number of hydrogen-bond acceptors (Lipinski definition) is 2. The Kier molecular flexibility index (Phi) is 8.38. The van der Waals surface area contributed by atoms with Crippen LogP contribution in [0.3, 0.4) is 0 Å².